The highest BCUT2D eigenvalue weighted by atomic mass is 32.1. The summed E-state index contributed by atoms with van der Waals surface area (Å²) in [7, 11) is 0. The van der Waals surface area contributed by atoms with Gasteiger partial charge in [-0.3, -0.25) is 4.79 Å². The minimum absolute atomic E-state index is 0.163. The molecule has 0 aromatic carbocycles. The first kappa shape index (κ1) is 15.0. The summed E-state index contributed by atoms with van der Waals surface area (Å²) in [4.78, 5) is 17.1. The van der Waals surface area contributed by atoms with Crippen LogP contribution in [0, 0.1) is 6.92 Å². The first-order chi connectivity index (χ1) is 9.69. The first-order valence-corrected chi connectivity index (χ1v) is 8.32. The van der Waals surface area contributed by atoms with E-state index in [0.29, 0.717) is 19.4 Å². The molecule has 0 spiro atoms. The van der Waals surface area contributed by atoms with Crippen molar-refractivity contribution in [2.24, 2.45) is 0 Å². The number of nitrogens with zero attached hydrogens (tertiary/aromatic N) is 1. The molecule has 20 heavy (non-hydrogen) atoms. The van der Waals surface area contributed by atoms with Crippen LogP contribution in [-0.2, 0) is 22.5 Å². The standard InChI is InChI=1S/C14H18N2O2S2/c1-3-18-13(17)5-4-11-9-20-14(16-11)15-8-12-10(2)6-7-19-12/h6-7,9H,3-5,8H2,1-2H3,(H,15,16). The number of aromatic nitrogens is 1. The molecule has 0 saturated heterocycles. The number of nitrogens with one attached hydrogen (secondary N) is 1. The number of ether oxygens (including phenoxy) is 1. The number of thiophene rings is 1. The van der Waals surface area contributed by atoms with Crippen LogP contribution in [0.25, 0.3) is 0 Å². The maximum Gasteiger partial charge on any atom is 0.306 e. The van der Waals surface area contributed by atoms with Crippen LogP contribution >= 0.6 is 22.7 Å². The molecule has 0 aliphatic heterocycles. The Hall–Kier alpha value is -1.40. The average Bonchev–Trinajstić information content (AvgIpc) is 3.03. The third-order valence-electron chi connectivity index (χ3n) is 2.81. The number of aryl methyl sites for hydroxylation is 2. The van der Waals surface area contributed by atoms with E-state index >= 15 is 0 Å². The van der Waals surface area contributed by atoms with Crippen LogP contribution in [0.3, 0.4) is 0 Å². The molecule has 0 amide bonds. The molecule has 0 radical (unpaired) electrons. The van der Waals surface area contributed by atoms with E-state index in [1.165, 1.54) is 10.4 Å². The summed E-state index contributed by atoms with van der Waals surface area (Å²) in [6.45, 7) is 5.16. The summed E-state index contributed by atoms with van der Waals surface area (Å²) >= 11 is 3.32. The Morgan fingerprint density at radius 3 is 3.00 bits per heavy atom. The number of carbonyl (C=O) groups is 1. The lowest BCUT2D eigenvalue weighted by molar-refractivity contribution is -0.143. The van der Waals surface area contributed by atoms with E-state index in [1.807, 2.05) is 12.3 Å². The van der Waals surface area contributed by atoms with Crippen molar-refractivity contribution in [3.05, 3.63) is 33.0 Å². The second-order valence-corrected chi connectivity index (χ2v) is 6.19. The highest BCUT2D eigenvalue weighted by Crippen LogP contribution is 2.20. The maximum atomic E-state index is 11.3. The van der Waals surface area contributed by atoms with Crippen molar-refractivity contribution in [2.75, 3.05) is 11.9 Å². The Bertz CT molecular complexity index is 563. The van der Waals surface area contributed by atoms with E-state index in [1.54, 1.807) is 22.7 Å². The Balaban J connectivity index is 1.80. The monoisotopic (exact) mass is 310 g/mol. The van der Waals surface area contributed by atoms with Crippen LogP contribution < -0.4 is 5.32 Å². The molecule has 2 aromatic heterocycles. The van der Waals surface area contributed by atoms with E-state index < -0.39 is 0 Å². The second-order valence-electron chi connectivity index (χ2n) is 4.33. The summed E-state index contributed by atoms with van der Waals surface area (Å²) in [5, 5.41) is 8.31. The molecule has 6 heteroatoms. The fourth-order valence-electron chi connectivity index (χ4n) is 1.71. The number of esters is 1. The summed E-state index contributed by atoms with van der Waals surface area (Å²) in [6, 6.07) is 2.12. The van der Waals surface area contributed by atoms with Gasteiger partial charge in [0.25, 0.3) is 0 Å². The van der Waals surface area contributed by atoms with Gasteiger partial charge < -0.3 is 10.1 Å². The molecular weight excluding hydrogens is 292 g/mol. The van der Waals surface area contributed by atoms with Crippen molar-refractivity contribution in [3.8, 4) is 0 Å². The summed E-state index contributed by atoms with van der Waals surface area (Å²) < 4.78 is 4.90. The lowest BCUT2D eigenvalue weighted by atomic mass is 10.2. The largest absolute Gasteiger partial charge is 0.466 e. The molecular formula is C14H18N2O2S2. The van der Waals surface area contributed by atoms with Crippen LogP contribution in [0.5, 0.6) is 0 Å². The molecule has 0 saturated carbocycles. The first-order valence-electron chi connectivity index (χ1n) is 6.56. The summed E-state index contributed by atoms with van der Waals surface area (Å²) in [6.07, 6.45) is 1.02. The van der Waals surface area contributed by atoms with Gasteiger partial charge >= 0.3 is 5.97 Å². The topological polar surface area (TPSA) is 51.2 Å². The van der Waals surface area contributed by atoms with E-state index in [0.717, 1.165) is 17.4 Å². The molecule has 108 valence electrons. The quantitative estimate of drug-likeness (QED) is 0.794. The third-order valence-corrected chi connectivity index (χ3v) is 4.68. The normalized spacial score (nSPS) is 10.5. The molecule has 0 bridgehead atoms. The lowest BCUT2D eigenvalue weighted by Crippen LogP contribution is -2.05. The molecule has 0 atom stereocenters. The zero-order chi connectivity index (χ0) is 14.4. The minimum Gasteiger partial charge on any atom is -0.466 e. The molecule has 0 aliphatic rings. The van der Waals surface area contributed by atoms with E-state index in [9.17, 15) is 4.79 Å². The van der Waals surface area contributed by atoms with Gasteiger partial charge in [-0.05, 0) is 30.9 Å². The third kappa shape index (κ3) is 4.31. The summed E-state index contributed by atoms with van der Waals surface area (Å²) in [5.74, 6) is -0.163. The molecule has 0 aliphatic carbocycles. The predicted octanol–water partition coefficient (Wildman–Crippen LogP) is 3.62. The number of thiazole rings is 1. The average molecular weight is 310 g/mol. The van der Waals surface area contributed by atoms with Gasteiger partial charge in [-0.1, -0.05) is 0 Å². The van der Waals surface area contributed by atoms with Gasteiger partial charge in [-0.25, -0.2) is 4.98 Å². The maximum absolute atomic E-state index is 11.3. The van der Waals surface area contributed by atoms with Crippen molar-refractivity contribution >= 4 is 33.8 Å². The Kier molecular flexibility index (Phi) is 5.55. The smallest absolute Gasteiger partial charge is 0.306 e. The number of carbonyl (C=O) groups excluding carboxylic acids is 1. The van der Waals surface area contributed by atoms with Crippen LogP contribution in [0.1, 0.15) is 29.5 Å². The van der Waals surface area contributed by atoms with Gasteiger partial charge in [0, 0.05) is 16.7 Å². The van der Waals surface area contributed by atoms with E-state index in [-0.39, 0.29) is 5.97 Å². The number of anilines is 1. The number of hydrogen-bond donors (Lipinski definition) is 1. The van der Waals surface area contributed by atoms with Crippen molar-refractivity contribution in [3.63, 3.8) is 0 Å². The minimum atomic E-state index is -0.163. The molecule has 0 unspecified atom stereocenters. The Morgan fingerprint density at radius 1 is 1.45 bits per heavy atom. The van der Waals surface area contributed by atoms with E-state index in [4.69, 9.17) is 4.74 Å². The zero-order valence-electron chi connectivity index (χ0n) is 11.6. The second kappa shape index (κ2) is 7.40. The van der Waals surface area contributed by atoms with E-state index in [2.05, 4.69) is 28.7 Å². The highest BCUT2D eigenvalue weighted by Gasteiger charge is 2.07. The fraction of sp³-hybridized carbons (Fsp3) is 0.429. The van der Waals surface area contributed by atoms with Gasteiger partial charge in [0.2, 0.25) is 0 Å². The van der Waals surface area contributed by atoms with Gasteiger partial charge in [0.15, 0.2) is 5.13 Å². The predicted molar refractivity (Wildman–Crippen MR) is 83.5 cm³/mol. The van der Waals surface area contributed by atoms with Crippen molar-refractivity contribution in [1.82, 2.24) is 4.98 Å². The van der Waals surface area contributed by atoms with Gasteiger partial charge in [-0.2, -0.15) is 0 Å². The van der Waals surface area contributed by atoms with Crippen LogP contribution in [-0.4, -0.2) is 17.6 Å². The summed E-state index contributed by atoms with van der Waals surface area (Å²) in [5.41, 5.74) is 2.25. The lowest BCUT2D eigenvalue weighted by Gasteiger charge is -2.01. The SMILES string of the molecule is CCOC(=O)CCc1csc(NCc2sccc2C)n1. The zero-order valence-corrected chi connectivity index (χ0v) is 13.3. The van der Waals surface area contributed by atoms with Crippen molar-refractivity contribution in [1.29, 1.82) is 0 Å². The van der Waals surface area contributed by atoms with Gasteiger partial charge in [-0.15, -0.1) is 22.7 Å². The molecule has 2 heterocycles. The van der Waals surface area contributed by atoms with Gasteiger partial charge in [0.05, 0.1) is 25.3 Å². The highest BCUT2D eigenvalue weighted by molar-refractivity contribution is 7.13. The molecule has 2 rings (SSSR count). The van der Waals surface area contributed by atoms with Crippen molar-refractivity contribution < 1.29 is 9.53 Å². The van der Waals surface area contributed by atoms with Crippen LogP contribution in [0.2, 0.25) is 0 Å². The number of hydrogen-bond acceptors (Lipinski definition) is 6. The molecule has 0 fully saturated rings. The van der Waals surface area contributed by atoms with Crippen LogP contribution in [0.15, 0.2) is 16.8 Å². The molecule has 1 N–H and O–H groups in total. The van der Waals surface area contributed by atoms with Crippen LogP contribution in [0.4, 0.5) is 5.13 Å². The molecule has 2 aromatic rings. The Morgan fingerprint density at radius 2 is 2.30 bits per heavy atom. The molecule has 4 nitrogen and oxygen atoms in total. The fourth-order valence-corrected chi connectivity index (χ4v) is 3.30. The Labute approximate surface area is 126 Å². The van der Waals surface area contributed by atoms with Gasteiger partial charge in [0.1, 0.15) is 0 Å². The van der Waals surface area contributed by atoms with Crippen molar-refractivity contribution in [2.45, 2.75) is 33.2 Å². The number of rotatable bonds is 7.